The summed E-state index contributed by atoms with van der Waals surface area (Å²) in [6.07, 6.45) is 0.159. The highest BCUT2D eigenvalue weighted by Gasteiger charge is 2.32. The van der Waals surface area contributed by atoms with Gasteiger partial charge in [-0.3, -0.25) is 0 Å². The van der Waals surface area contributed by atoms with Crippen LogP contribution in [0.25, 0.3) is 0 Å². The van der Waals surface area contributed by atoms with Gasteiger partial charge in [-0.15, -0.1) is 0 Å². The minimum absolute atomic E-state index is 0.159. The molecule has 1 saturated heterocycles. The number of hydrogen-bond donors (Lipinski definition) is 1. The Hall–Kier alpha value is -1.62. The molecule has 0 spiro atoms. The smallest absolute Gasteiger partial charge is 0.162 e. The number of nitrogen functional groups attached to an aromatic ring is 1. The van der Waals surface area contributed by atoms with E-state index in [9.17, 15) is 0 Å². The monoisotopic (exact) mass is 280 g/mol. The third-order valence-electron chi connectivity index (χ3n) is 3.44. The lowest BCUT2D eigenvalue weighted by Crippen LogP contribution is -2.52. The Morgan fingerprint density at radius 2 is 1.85 bits per heavy atom. The molecule has 1 aromatic carbocycles. The third kappa shape index (κ3) is 2.93. The van der Waals surface area contributed by atoms with Gasteiger partial charge in [0.05, 0.1) is 37.3 Å². The molecule has 1 fully saturated rings. The first kappa shape index (κ1) is 14.8. The fraction of sp³-hybridized carbons (Fsp3) is 0.600. The first-order chi connectivity index (χ1) is 9.36. The number of nitrogens with zero attached hydrogens (tertiary/aromatic N) is 1. The Morgan fingerprint density at radius 1 is 1.25 bits per heavy atom. The first-order valence-electron chi connectivity index (χ1n) is 6.80. The van der Waals surface area contributed by atoms with Crippen molar-refractivity contribution < 1.29 is 14.2 Å². The van der Waals surface area contributed by atoms with Crippen molar-refractivity contribution in [2.24, 2.45) is 0 Å². The molecule has 1 aliphatic rings. The number of methoxy groups -OCH3 is 2. The normalized spacial score (nSPS) is 21.6. The molecule has 1 unspecified atom stereocenters. The van der Waals surface area contributed by atoms with E-state index in [1.165, 1.54) is 0 Å². The van der Waals surface area contributed by atoms with E-state index in [1.807, 2.05) is 6.07 Å². The molecule has 5 nitrogen and oxygen atoms in total. The van der Waals surface area contributed by atoms with Crippen molar-refractivity contribution in [3.8, 4) is 11.5 Å². The van der Waals surface area contributed by atoms with Gasteiger partial charge in [-0.2, -0.15) is 0 Å². The van der Waals surface area contributed by atoms with Crippen LogP contribution in [0.5, 0.6) is 11.5 Å². The molecule has 112 valence electrons. The Morgan fingerprint density at radius 3 is 2.40 bits per heavy atom. The quantitative estimate of drug-likeness (QED) is 0.861. The molecule has 0 bridgehead atoms. The predicted molar refractivity (Wildman–Crippen MR) is 80.8 cm³/mol. The van der Waals surface area contributed by atoms with Crippen molar-refractivity contribution in [1.82, 2.24) is 0 Å². The molecular formula is C15H24N2O3. The molecule has 1 aliphatic heterocycles. The zero-order valence-corrected chi connectivity index (χ0v) is 12.9. The Bertz CT molecular complexity index is 488. The molecule has 1 atom stereocenters. The summed E-state index contributed by atoms with van der Waals surface area (Å²) >= 11 is 0. The standard InChI is InChI=1S/C15H24N2O3/c1-10-8-17(9-15(2,3)20-10)12-7-14(19-5)13(18-4)6-11(12)16/h6-7,10H,8-9,16H2,1-5H3. The molecule has 0 amide bonds. The lowest BCUT2D eigenvalue weighted by Gasteiger charge is -2.43. The van der Waals surface area contributed by atoms with E-state index in [0.717, 1.165) is 18.8 Å². The molecule has 2 rings (SSSR count). The molecule has 0 aliphatic carbocycles. The van der Waals surface area contributed by atoms with Gasteiger partial charge in [-0.05, 0) is 20.8 Å². The topological polar surface area (TPSA) is 57.0 Å². The van der Waals surface area contributed by atoms with Gasteiger partial charge >= 0.3 is 0 Å². The Kier molecular flexibility index (Phi) is 3.99. The summed E-state index contributed by atoms with van der Waals surface area (Å²) in [5.41, 5.74) is 7.62. The van der Waals surface area contributed by atoms with Crippen LogP contribution in [-0.2, 0) is 4.74 Å². The second-order valence-corrected chi connectivity index (χ2v) is 5.83. The summed E-state index contributed by atoms with van der Waals surface area (Å²) in [7, 11) is 3.24. The van der Waals surface area contributed by atoms with E-state index in [0.29, 0.717) is 17.2 Å². The fourth-order valence-electron chi connectivity index (χ4n) is 2.80. The maximum atomic E-state index is 6.17. The minimum atomic E-state index is -0.197. The summed E-state index contributed by atoms with van der Waals surface area (Å²) in [4.78, 5) is 2.24. The van der Waals surface area contributed by atoms with Gasteiger partial charge in [-0.1, -0.05) is 0 Å². The third-order valence-corrected chi connectivity index (χ3v) is 3.44. The highest BCUT2D eigenvalue weighted by atomic mass is 16.5. The lowest BCUT2D eigenvalue weighted by atomic mass is 10.0. The fourth-order valence-corrected chi connectivity index (χ4v) is 2.80. The van der Waals surface area contributed by atoms with Crippen LogP contribution in [0.2, 0.25) is 0 Å². The van der Waals surface area contributed by atoms with Crippen LogP contribution in [-0.4, -0.2) is 39.0 Å². The van der Waals surface area contributed by atoms with E-state index in [1.54, 1.807) is 20.3 Å². The van der Waals surface area contributed by atoms with Crippen molar-refractivity contribution >= 4 is 11.4 Å². The number of benzene rings is 1. The summed E-state index contributed by atoms with van der Waals surface area (Å²) < 4.78 is 16.6. The van der Waals surface area contributed by atoms with Crippen LogP contribution >= 0.6 is 0 Å². The summed E-state index contributed by atoms with van der Waals surface area (Å²) in [6.45, 7) is 7.85. The molecule has 1 heterocycles. The van der Waals surface area contributed by atoms with Crippen molar-refractivity contribution in [3.63, 3.8) is 0 Å². The van der Waals surface area contributed by atoms with Gasteiger partial charge in [0.2, 0.25) is 0 Å². The van der Waals surface area contributed by atoms with E-state index >= 15 is 0 Å². The second kappa shape index (κ2) is 5.40. The van der Waals surface area contributed by atoms with Crippen LogP contribution in [0, 0.1) is 0 Å². The number of anilines is 2. The largest absolute Gasteiger partial charge is 0.493 e. The number of rotatable bonds is 3. The molecule has 5 heteroatoms. The van der Waals surface area contributed by atoms with Crippen molar-refractivity contribution in [3.05, 3.63) is 12.1 Å². The maximum absolute atomic E-state index is 6.17. The Balaban J connectivity index is 2.36. The molecule has 2 N–H and O–H groups in total. The van der Waals surface area contributed by atoms with E-state index in [-0.39, 0.29) is 11.7 Å². The van der Waals surface area contributed by atoms with Gasteiger partial charge in [0.25, 0.3) is 0 Å². The minimum Gasteiger partial charge on any atom is -0.493 e. The van der Waals surface area contributed by atoms with E-state index in [4.69, 9.17) is 19.9 Å². The second-order valence-electron chi connectivity index (χ2n) is 5.83. The SMILES string of the molecule is COc1cc(N)c(N2CC(C)OC(C)(C)C2)cc1OC. The van der Waals surface area contributed by atoms with Crippen molar-refractivity contribution in [2.45, 2.75) is 32.5 Å². The van der Waals surface area contributed by atoms with Crippen molar-refractivity contribution in [2.75, 3.05) is 37.9 Å². The van der Waals surface area contributed by atoms with Crippen LogP contribution in [0.1, 0.15) is 20.8 Å². The average Bonchev–Trinajstić information content (AvgIpc) is 2.35. The van der Waals surface area contributed by atoms with Gasteiger partial charge in [0.1, 0.15) is 0 Å². The molecule has 1 aromatic rings. The van der Waals surface area contributed by atoms with Gasteiger partial charge in [0.15, 0.2) is 11.5 Å². The maximum Gasteiger partial charge on any atom is 0.162 e. The van der Waals surface area contributed by atoms with Crippen LogP contribution in [0.4, 0.5) is 11.4 Å². The zero-order valence-electron chi connectivity index (χ0n) is 12.9. The summed E-state index contributed by atoms with van der Waals surface area (Å²) in [5, 5.41) is 0. The van der Waals surface area contributed by atoms with E-state index < -0.39 is 0 Å². The zero-order chi connectivity index (χ0) is 14.9. The van der Waals surface area contributed by atoms with Crippen LogP contribution in [0.3, 0.4) is 0 Å². The van der Waals surface area contributed by atoms with Crippen LogP contribution < -0.4 is 20.1 Å². The average molecular weight is 280 g/mol. The highest BCUT2D eigenvalue weighted by Crippen LogP contribution is 2.38. The molecular weight excluding hydrogens is 256 g/mol. The molecule has 0 aromatic heterocycles. The first-order valence-corrected chi connectivity index (χ1v) is 6.80. The molecule has 0 saturated carbocycles. The molecule has 20 heavy (non-hydrogen) atoms. The van der Waals surface area contributed by atoms with Gasteiger partial charge in [-0.25, -0.2) is 0 Å². The van der Waals surface area contributed by atoms with Gasteiger partial charge < -0.3 is 24.8 Å². The highest BCUT2D eigenvalue weighted by molar-refractivity contribution is 5.73. The predicted octanol–water partition coefficient (Wildman–Crippen LogP) is 2.29. The van der Waals surface area contributed by atoms with E-state index in [2.05, 4.69) is 25.7 Å². The molecule has 0 radical (unpaired) electrons. The summed E-state index contributed by atoms with van der Waals surface area (Å²) in [5.74, 6) is 1.34. The van der Waals surface area contributed by atoms with Gasteiger partial charge in [0, 0.05) is 25.2 Å². The lowest BCUT2D eigenvalue weighted by molar-refractivity contribution is -0.0749. The van der Waals surface area contributed by atoms with Crippen molar-refractivity contribution in [1.29, 1.82) is 0 Å². The van der Waals surface area contributed by atoms with Crippen LogP contribution in [0.15, 0.2) is 12.1 Å². The summed E-state index contributed by atoms with van der Waals surface area (Å²) in [6, 6.07) is 3.74. The number of morpholine rings is 1. The number of nitrogens with two attached hydrogens (primary N) is 1. The number of ether oxygens (including phenoxy) is 3. The number of hydrogen-bond acceptors (Lipinski definition) is 5. The Labute approximate surface area is 120 Å².